The Morgan fingerprint density at radius 2 is 2.35 bits per heavy atom. The highest BCUT2D eigenvalue weighted by atomic mass is 16.6. The first kappa shape index (κ1) is 14.3. The van der Waals surface area contributed by atoms with E-state index in [1.807, 2.05) is 0 Å². The summed E-state index contributed by atoms with van der Waals surface area (Å²) in [6.07, 6.45) is 0.883. The predicted molar refractivity (Wildman–Crippen MR) is 75.0 cm³/mol. The molecule has 1 amide bonds. The van der Waals surface area contributed by atoms with Crippen molar-refractivity contribution in [2.24, 2.45) is 0 Å². The van der Waals surface area contributed by atoms with Gasteiger partial charge >= 0.3 is 0 Å². The van der Waals surface area contributed by atoms with E-state index < -0.39 is 4.92 Å². The van der Waals surface area contributed by atoms with Gasteiger partial charge < -0.3 is 11.1 Å². The first-order chi connectivity index (χ1) is 9.45. The van der Waals surface area contributed by atoms with Crippen LogP contribution in [0, 0.1) is 10.1 Å². The molecule has 20 heavy (non-hydrogen) atoms. The van der Waals surface area contributed by atoms with Crippen LogP contribution in [0.25, 0.3) is 0 Å². The van der Waals surface area contributed by atoms with Crippen molar-refractivity contribution in [3.05, 3.63) is 33.9 Å². The molecule has 1 fully saturated rings. The van der Waals surface area contributed by atoms with Crippen molar-refractivity contribution in [1.82, 2.24) is 10.2 Å². The summed E-state index contributed by atoms with van der Waals surface area (Å²) in [6.45, 7) is 3.64. The zero-order valence-electron chi connectivity index (χ0n) is 11.3. The number of nitro benzene ring substituents is 1. The minimum absolute atomic E-state index is 0.0355. The number of hydrogen-bond acceptors (Lipinski definition) is 5. The molecule has 1 saturated heterocycles. The third-order valence-corrected chi connectivity index (χ3v) is 3.41. The molecule has 3 N–H and O–H groups in total. The van der Waals surface area contributed by atoms with Crippen molar-refractivity contribution >= 4 is 17.3 Å². The highest BCUT2D eigenvalue weighted by molar-refractivity contribution is 5.73. The summed E-state index contributed by atoms with van der Waals surface area (Å²) in [5.41, 5.74) is 7.22. The fourth-order valence-electron chi connectivity index (χ4n) is 2.47. The minimum atomic E-state index is -0.424. The molecule has 1 unspecified atom stereocenters. The molecule has 1 aliphatic rings. The van der Waals surface area contributed by atoms with Gasteiger partial charge in [0, 0.05) is 50.4 Å². The van der Waals surface area contributed by atoms with Crippen molar-refractivity contribution in [3.8, 4) is 0 Å². The number of amides is 1. The first-order valence-corrected chi connectivity index (χ1v) is 6.48. The monoisotopic (exact) mass is 278 g/mol. The number of benzene rings is 1. The van der Waals surface area contributed by atoms with Crippen LogP contribution in [0.15, 0.2) is 18.2 Å². The average Bonchev–Trinajstić information content (AvgIpc) is 2.78. The molecule has 1 aromatic carbocycles. The Kier molecular flexibility index (Phi) is 4.19. The van der Waals surface area contributed by atoms with E-state index in [-0.39, 0.29) is 17.6 Å². The van der Waals surface area contributed by atoms with Gasteiger partial charge in [-0.15, -0.1) is 0 Å². The Morgan fingerprint density at radius 1 is 1.60 bits per heavy atom. The number of anilines is 1. The number of hydrogen-bond donors (Lipinski definition) is 2. The largest absolute Gasteiger partial charge is 0.398 e. The summed E-state index contributed by atoms with van der Waals surface area (Å²) in [5, 5.41) is 13.7. The molecule has 1 atom stereocenters. The van der Waals surface area contributed by atoms with Gasteiger partial charge in [0.2, 0.25) is 5.91 Å². The number of nitro groups is 1. The predicted octanol–water partition coefficient (Wildman–Crippen LogP) is 0.887. The highest BCUT2D eigenvalue weighted by Crippen LogP contribution is 2.22. The molecule has 0 aliphatic carbocycles. The molecular formula is C13H18N4O3. The molecule has 0 saturated carbocycles. The van der Waals surface area contributed by atoms with Crippen LogP contribution in [0.2, 0.25) is 0 Å². The second-order valence-corrected chi connectivity index (χ2v) is 5.06. The van der Waals surface area contributed by atoms with Gasteiger partial charge in [-0.25, -0.2) is 0 Å². The number of nitrogens with zero attached hydrogens (tertiary/aromatic N) is 2. The molecule has 108 valence electrons. The van der Waals surface area contributed by atoms with Gasteiger partial charge in [-0.2, -0.15) is 0 Å². The van der Waals surface area contributed by atoms with Crippen LogP contribution in [-0.4, -0.2) is 34.9 Å². The summed E-state index contributed by atoms with van der Waals surface area (Å²) < 4.78 is 0. The van der Waals surface area contributed by atoms with Crippen molar-refractivity contribution in [2.45, 2.75) is 25.9 Å². The normalized spacial score (nSPS) is 18.9. The lowest BCUT2D eigenvalue weighted by molar-refractivity contribution is -0.384. The quantitative estimate of drug-likeness (QED) is 0.484. The Labute approximate surface area is 116 Å². The molecule has 0 bridgehead atoms. The summed E-state index contributed by atoms with van der Waals surface area (Å²) in [5.74, 6) is -0.0355. The molecule has 0 spiro atoms. The van der Waals surface area contributed by atoms with Crippen molar-refractivity contribution in [3.63, 3.8) is 0 Å². The van der Waals surface area contributed by atoms with Crippen molar-refractivity contribution in [2.75, 3.05) is 18.8 Å². The number of nitrogens with two attached hydrogens (primary N) is 1. The Hall–Kier alpha value is -2.15. The van der Waals surface area contributed by atoms with Crippen LogP contribution < -0.4 is 11.1 Å². The van der Waals surface area contributed by atoms with E-state index >= 15 is 0 Å². The van der Waals surface area contributed by atoms with Crippen LogP contribution >= 0.6 is 0 Å². The summed E-state index contributed by atoms with van der Waals surface area (Å²) in [6, 6.07) is 4.63. The van der Waals surface area contributed by atoms with Gasteiger partial charge in [0.05, 0.1) is 4.92 Å². The van der Waals surface area contributed by atoms with Gasteiger partial charge in [0.1, 0.15) is 0 Å². The Morgan fingerprint density at radius 3 is 3.00 bits per heavy atom. The average molecular weight is 278 g/mol. The van der Waals surface area contributed by atoms with Crippen LogP contribution in [0.4, 0.5) is 11.4 Å². The van der Waals surface area contributed by atoms with Gasteiger partial charge in [-0.1, -0.05) is 0 Å². The summed E-state index contributed by atoms with van der Waals surface area (Å²) >= 11 is 0. The zero-order chi connectivity index (χ0) is 14.7. The number of non-ortho nitro benzene ring substituents is 1. The smallest absolute Gasteiger partial charge is 0.269 e. The van der Waals surface area contributed by atoms with Crippen molar-refractivity contribution in [1.29, 1.82) is 0 Å². The zero-order valence-corrected chi connectivity index (χ0v) is 11.3. The number of nitrogens with one attached hydrogen (secondary N) is 1. The van der Waals surface area contributed by atoms with E-state index in [0.29, 0.717) is 12.2 Å². The second-order valence-electron chi connectivity index (χ2n) is 5.06. The SMILES string of the molecule is CC(=O)NC1CCN(Cc2cc([N+](=O)[O-])ccc2N)C1. The molecular weight excluding hydrogens is 260 g/mol. The van der Waals surface area contributed by atoms with Crippen LogP contribution in [0.1, 0.15) is 18.9 Å². The number of likely N-dealkylation sites (tertiary alicyclic amines) is 1. The van der Waals surface area contributed by atoms with Gasteiger partial charge in [0.25, 0.3) is 5.69 Å². The molecule has 7 nitrogen and oxygen atoms in total. The highest BCUT2D eigenvalue weighted by Gasteiger charge is 2.23. The maximum atomic E-state index is 11.0. The van der Waals surface area contributed by atoms with E-state index in [0.717, 1.165) is 25.1 Å². The molecule has 2 rings (SSSR count). The maximum absolute atomic E-state index is 11.0. The fraction of sp³-hybridized carbons (Fsp3) is 0.462. The van der Waals surface area contributed by atoms with Gasteiger partial charge in [-0.3, -0.25) is 19.8 Å². The Bertz CT molecular complexity index is 532. The maximum Gasteiger partial charge on any atom is 0.269 e. The van der Waals surface area contributed by atoms with E-state index in [9.17, 15) is 14.9 Å². The minimum Gasteiger partial charge on any atom is -0.398 e. The van der Waals surface area contributed by atoms with Crippen molar-refractivity contribution < 1.29 is 9.72 Å². The first-order valence-electron chi connectivity index (χ1n) is 6.48. The summed E-state index contributed by atoms with van der Waals surface area (Å²) in [4.78, 5) is 23.5. The van der Waals surface area contributed by atoms with Gasteiger partial charge in [0.15, 0.2) is 0 Å². The Balaban J connectivity index is 2.02. The molecule has 0 aromatic heterocycles. The third kappa shape index (κ3) is 3.45. The third-order valence-electron chi connectivity index (χ3n) is 3.41. The van der Waals surface area contributed by atoms with E-state index in [1.165, 1.54) is 19.1 Å². The number of rotatable bonds is 4. The van der Waals surface area contributed by atoms with Gasteiger partial charge in [-0.05, 0) is 18.1 Å². The second kappa shape index (κ2) is 5.87. The fourth-order valence-corrected chi connectivity index (χ4v) is 2.47. The molecule has 1 aliphatic heterocycles. The lowest BCUT2D eigenvalue weighted by atomic mass is 10.1. The summed E-state index contributed by atoms with van der Waals surface area (Å²) in [7, 11) is 0. The van der Waals surface area contributed by atoms with E-state index in [1.54, 1.807) is 6.07 Å². The van der Waals surface area contributed by atoms with Crippen LogP contribution in [0.3, 0.4) is 0 Å². The lowest BCUT2D eigenvalue weighted by Gasteiger charge is -2.17. The number of carbonyl (C=O) groups excluding carboxylic acids is 1. The number of nitrogen functional groups attached to an aromatic ring is 1. The molecule has 7 heteroatoms. The number of carbonyl (C=O) groups is 1. The molecule has 1 aromatic rings. The standard InChI is InChI=1S/C13H18N4O3/c1-9(18)15-11-4-5-16(8-11)7-10-6-12(17(19)20)2-3-13(10)14/h2-3,6,11H,4-5,7-8,14H2,1H3,(H,15,18). The molecule has 1 heterocycles. The molecule has 0 radical (unpaired) electrons. The van der Waals surface area contributed by atoms with Crippen LogP contribution in [0.5, 0.6) is 0 Å². The van der Waals surface area contributed by atoms with E-state index in [4.69, 9.17) is 5.73 Å². The topological polar surface area (TPSA) is 102 Å². The van der Waals surface area contributed by atoms with Crippen LogP contribution in [-0.2, 0) is 11.3 Å². The lowest BCUT2D eigenvalue weighted by Crippen LogP contribution is -2.35. The van der Waals surface area contributed by atoms with E-state index in [2.05, 4.69) is 10.2 Å².